The molecule has 4 fully saturated rings. The number of amides is 2. The monoisotopic (exact) mass is 1190 g/mol. The van der Waals surface area contributed by atoms with Crippen molar-refractivity contribution in [2.24, 2.45) is 28.8 Å². The number of aryl methyl sites for hydroxylation is 1. The van der Waals surface area contributed by atoms with Gasteiger partial charge >= 0.3 is 17.7 Å². The van der Waals surface area contributed by atoms with E-state index in [1.807, 2.05) is 25.9 Å². The van der Waals surface area contributed by atoms with E-state index >= 15 is 0 Å². The highest BCUT2D eigenvalue weighted by atomic mass is 28.4. The lowest BCUT2D eigenvalue weighted by Gasteiger charge is -2.49. The number of ether oxygens (including phenoxy) is 7. The van der Waals surface area contributed by atoms with E-state index in [2.05, 4.69) is 54.6 Å². The second kappa shape index (κ2) is 28.0. The maximum atomic E-state index is 14.6. The number of cyclic esters (lactones) is 1. The normalized spacial score (nSPS) is 39.9. The van der Waals surface area contributed by atoms with Crippen molar-refractivity contribution in [2.45, 2.75) is 256 Å². The zero-order valence-corrected chi connectivity index (χ0v) is 53.2. The number of aliphatic hydroxyl groups excluding tert-OH is 3. The third kappa shape index (κ3) is 16.4. The molecule has 8 N–H and O–H groups in total. The van der Waals surface area contributed by atoms with Crippen LogP contribution >= 0.6 is 0 Å². The SMILES string of the molecule is CCC1OC(=O)[C@H](C)C(O[C@H]2C[C@@](C)(OC)[C@@H](O)[C@H](C)O2)[C@H](C)[C@@H](O[C@@H]2O[C@H](C)C[C@H](N(C)C)[C@H]2O)[C@](C)(O)C[C@@H](C)/C(=N\OCCCNC(=O)N[C@H]2C[C@H](n3cc(C)c(=O)[nH]c3=O)O[C@@H]2CO[Si](C)(C)C(C)(C)C)[C@H](C)[C@@H](O)[C@]1(C)O. The fourth-order valence-corrected chi connectivity index (χ4v) is 12.8. The Morgan fingerprint density at radius 2 is 1.61 bits per heavy atom. The zero-order valence-electron chi connectivity index (χ0n) is 52.2. The lowest BCUT2D eigenvalue weighted by molar-refractivity contribution is -0.317. The third-order valence-corrected chi connectivity index (χ3v) is 22.7. The number of oxime groups is 1. The van der Waals surface area contributed by atoms with Gasteiger partial charge < -0.3 is 83.5 Å². The van der Waals surface area contributed by atoms with Crippen LogP contribution in [-0.4, -0.2) is 203 Å². The summed E-state index contributed by atoms with van der Waals surface area (Å²) in [5, 5.41) is 70.7. The van der Waals surface area contributed by atoms with Crippen molar-refractivity contribution in [2.75, 3.05) is 41.0 Å². The highest BCUT2D eigenvalue weighted by Crippen LogP contribution is 2.42. The summed E-state index contributed by atoms with van der Waals surface area (Å²) in [5.41, 5.74) is -5.56. The van der Waals surface area contributed by atoms with E-state index in [0.717, 1.165) is 0 Å². The molecule has 0 aliphatic carbocycles. The first-order valence-corrected chi connectivity index (χ1v) is 32.2. The summed E-state index contributed by atoms with van der Waals surface area (Å²) in [6.07, 6.45) is -9.77. The minimum atomic E-state index is -2.26. The molecule has 21 atom stereocenters. The van der Waals surface area contributed by atoms with E-state index in [-0.39, 0.29) is 74.8 Å². The molecule has 24 nitrogen and oxygen atoms in total. The van der Waals surface area contributed by atoms with E-state index in [1.54, 1.807) is 62.3 Å². The molecule has 25 heteroatoms. The number of hydrogen-bond acceptors (Lipinski definition) is 20. The number of nitrogens with one attached hydrogen (secondary N) is 3. The van der Waals surface area contributed by atoms with Crippen LogP contribution in [0.15, 0.2) is 20.9 Å². The maximum Gasteiger partial charge on any atom is 0.330 e. The quantitative estimate of drug-likeness (QED) is 0.0476. The number of aromatic amines is 1. The second-order valence-electron chi connectivity index (χ2n) is 26.2. The number of hydrogen-bond donors (Lipinski definition) is 8. The van der Waals surface area contributed by atoms with Gasteiger partial charge in [0.15, 0.2) is 20.9 Å². The lowest BCUT2D eigenvalue weighted by atomic mass is 9.73. The molecule has 4 aliphatic rings. The summed E-state index contributed by atoms with van der Waals surface area (Å²) in [7, 11) is 2.92. The number of nitrogens with zero attached hydrogens (tertiary/aromatic N) is 3. The van der Waals surface area contributed by atoms with E-state index in [1.165, 1.54) is 24.8 Å². The van der Waals surface area contributed by atoms with Crippen LogP contribution in [0, 0.1) is 30.6 Å². The van der Waals surface area contributed by atoms with Gasteiger partial charge in [-0.15, -0.1) is 0 Å². The minimum absolute atomic E-state index is 0.0177. The van der Waals surface area contributed by atoms with Gasteiger partial charge in [-0.05, 0) is 100.0 Å². The standard InChI is InChI=1S/C57H102N6O18Si/c1-20-40-57(14,72)46(65)33(5)43(61-74-23-21-22-58-52(69)59-37-25-41(63-28-31(3)49(67)60-53(63)70)78-39(37)29-75-82(18,19)54(9,10)11)30(2)26-55(12,71)48(81-51-44(64)38(62(15)16)24-32(4)76-51)34(6)45(35(7)50(68)79-40)80-42-27-56(13,73-17)47(66)36(8)77-42/h28,30,32-42,44-48,51,64-66,71-72H,20-27,29H2,1-19H3,(H2,58,59,69)(H,60,67,70)/b61-43+/t30-,32-,33+,34+,35-,36+,37+,38+,39-,40?,41-,42+,44-,45?,46-,47+,48-,51+,55-,56-,57-/m1/s1. The Morgan fingerprint density at radius 1 is 0.951 bits per heavy atom. The fraction of sp³-hybridized carbons (Fsp3) is 0.877. The number of aliphatic hydroxyl groups is 5. The molecule has 4 saturated heterocycles. The topological polar surface area (TPSA) is 313 Å². The van der Waals surface area contributed by atoms with Crippen LogP contribution in [0.25, 0.3) is 0 Å². The largest absolute Gasteiger partial charge is 0.459 e. The lowest BCUT2D eigenvalue weighted by Crippen LogP contribution is -2.61. The second-order valence-corrected chi connectivity index (χ2v) is 31.0. The van der Waals surface area contributed by atoms with Crippen molar-refractivity contribution in [3.63, 3.8) is 0 Å². The maximum absolute atomic E-state index is 14.6. The van der Waals surface area contributed by atoms with Gasteiger partial charge in [0.1, 0.15) is 42.9 Å². The molecule has 472 valence electrons. The first kappa shape index (κ1) is 69.4. The molecule has 5 heterocycles. The van der Waals surface area contributed by atoms with Crippen molar-refractivity contribution >= 4 is 26.0 Å². The van der Waals surface area contributed by atoms with E-state index in [0.29, 0.717) is 12.0 Å². The number of rotatable bonds is 17. The molecule has 5 rings (SSSR count). The molecule has 1 aromatic rings. The summed E-state index contributed by atoms with van der Waals surface area (Å²) in [6.45, 7) is 29.2. The van der Waals surface area contributed by atoms with Crippen molar-refractivity contribution in [3.8, 4) is 0 Å². The Bertz CT molecular complexity index is 2420. The number of H-pyrrole nitrogens is 1. The number of urea groups is 1. The Morgan fingerprint density at radius 3 is 2.22 bits per heavy atom. The molecule has 0 radical (unpaired) electrons. The van der Waals surface area contributed by atoms with Crippen LogP contribution in [-0.2, 0) is 47.2 Å². The van der Waals surface area contributed by atoms with Gasteiger partial charge in [0.25, 0.3) is 5.56 Å². The first-order chi connectivity index (χ1) is 37.9. The Hall–Kier alpha value is -3.41. The van der Waals surface area contributed by atoms with Crippen LogP contribution in [0.3, 0.4) is 0 Å². The number of likely N-dealkylation sites (N-methyl/N-ethyl adjacent to an activating group) is 1. The predicted octanol–water partition coefficient (Wildman–Crippen LogP) is 3.81. The summed E-state index contributed by atoms with van der Waals surface area (Å²) in [6, 6.07) is -1.46. The molecular weight excluding hydrogens is 1080 g/mol. The average molecular weight is 1190 g/mol. The summed E-state index contributed by atoms with van der Waals surface area (Å²) in [5.74, 6) is -4.48. The van der Waals surface area contributed by atoms with Crippen LogP contribution in [0.2, 0.25) is 18.1 Å². The van der Waals surface area contributed by atoms with Crippen LogP contribution in [0.1, 0.15) is 140 Å². The Kier molecular flexibility index (Phi) is 23.6. The molecule has 82 heavy (non-hydrogen) atoms. The Labute approximate surface area is 485 Å². The van der Waals surface area contributed by atoms with Crippen molar-refractivity contribution in [1.29, 1.82) is 0 Å². The number of methoxy groups -OCH3 is 1. The van der Waals surface area contributed by atoms with Gasteiger partial charge in [0, 0.05) is 68.5 Å². The molecule has 0 aromatic carbocycles. The van der Waals surface area contributed by atoms with Gasteiger partial charge in [-0.1, -0.05) is 53.6 Å². The highest BCUT2D eigenvalue weighted by molar-refractivity contribution is 6.74. The van der Waals surface area contributed by atoms with Crippen LogP contribution in [0.5, 0.6) is 0 Å². The summed E-state index contributed by atoms with van der Waals surface area (Å²) < 4.78 is 52.2. The molecule has 0 spiro atoms. The van der Waals surface area contributed by atoms with Gasteiger partial charge in [0.2, 0.25) is 0 Å². The van der Waals surface area contributed by atoms with Crippen LogP contribution in [0.4, 0.5) is 4.79 Å². The van der Waals surface area contributed by atoms with Gasteiger partial charge in [0.05, 0.1) is 66.0 Å². The predicted molar refractivity (Wildman–Crippen MR) is 307 cm³/mol. The van der Waals surface area contributed by atoms with Crippen LogP contribution < -0.4 is 21.9 Å². The zero-order chi connectivity index (χ0) is 61.8. The van der Waals surface area contributed by atoms with Crippen molar-refractivity contribution in [1.82, 2.24) is 25.1 Å². The van der Waals surface area contributed by atoms with Gasteiger partial charge in [-0.25, -0.2) is 9.59 Å². The Balaban J connectivity index is 1.42. The van der Waals surface area contributed by atoms with E-state index in [9.17, 15) is 44.7 Å². The van der Waals surface area contributed by atoms with Crippen molar-refractivity contribution in [3.05, 3.63) is 32.6 Å². The molecule has 0 saturated carbocycles. The number of carbonyl (C=O) groups excluding carboxylic acids is 2. The molecule has 2 unspecified atom stereocenters. The summed E-state index contributed by atoms with van der Waals surface area (Å²) >= 11 is 0. The van der Waals surface area contributed by atoms with Gasteiger partial charge in [-0.3, -0.25) is 19.1 Å². The first-order valence-electron chi connectivity index (χ1n) is 29.3. The van der Waals surface area contributed by atoms with Crippen molar-refractivity contribution < 1.29 is 77.5 Å². The summed E-state index contributed by atoms with van der Waals surface area (Å²) in [4.78, 5) is 63.4. The number of aromatic nitrogens is 2. The number of carbonyl (C=O) groups is 2. The molecule has 0 bridgehead atoms. The third-order valence-electron chi connectivity index (χ3n) is 18.1. The van der Waals surface area contributed by atoms with E-state index < -0.39 is 146 Å². The minimum Gasteiger partial charge on any atom is -0.459 e. The molecule has 4 aliphatic heterocycles. The molecular formula is C57H102N6O18Si. The molecule has 1 aromatic heterocycles. The smallest absolute Gasteiger partial charge is 0.330 e. The van der Waals surface area contributed by atoms with E-state index in [4.69, 9.17) is 42.4 Å². The van der Waals surface area contributed by atoms with Gasteiger partial charge in [-0.2, -0.15) is 0 Å². The average Bonchev–Trinajstić information content (AvgIpc) is 3.95. The molecule has 2 amide bonds. The highest BCUT2D eigenvalue weighted by Gasteiger charge is 2.54. The fourth-order valence-electron chi connectivity index (χ4n) is 11.8. The number of esters is 1.